The molecule has 1 atom stereocenters. The van der Waals surface area contributed by atoms with Crippen molar-refractivity contribution in [1.29, 1.82) is 0 Å². The first-order chi connectivity index (χ1) is 9.06. The van der Waals surface area contributed by atoms with Gasteiger partial charge in [0.05, 0.1) is 13.2 Å². The van der Waals surface area contributed by atoms with Gasteiger partial charge in [-0.1, -0.05) is 13.3 Å². The van der Waals surface area contributed by atoms with E-state index in [1.165, 1.54) is 6.92 Å². The van der Waals surface area contributed by atoms with Crippen LogP contribution in [0.2, 0.25) is 0 Å². The summed E-state index contributed by atoms with van der Waals surface area (Å²) in [5, 5.41) is 0. The molecule has 0 aromatic rings. The first-order valence-electron chi connectivity index (χ1n) is 6.17. The summed E-state index contributed by atoms with van der Waals surface area (Å²) in [5.74, 6) is -0.734. The van der Waals surface area contributed by atoms with Gasteiger partial charge in [-0.3, -0.25) is 4.79 Å². The van der Waals surface area contributed by atoms with Gasteiger partial charge >= 0.3 is 22.3 Å². The number of ether oxygens (including phenoxy) is 2. The topological polar surface area (TPSA) is 111 Å². The standard InChI is InChI=1S/C11H22N2O6S/c1-6-7-11(4,9(14)18-5)13-20(16,17)12-10(15)19-8(2)3/h8,13H,6-7H2,1-5H3,(H,12,15). The fourth-order valence-electron chi connectivity index (χ4n) is 1.59. The van der Waals surface area contributed by atoms with Crippen molar-refractivity contribution in [3.63, 3.8) is 0 Å². The second-order valence-electron chi connectivity index (χ2n) is 4.74. The lowest BCUT2D eigenvalue weighted by molar-refractivity contribution is -0.147. The monoisotopic (exact) mass is 310 g/mol. The summed E-state index contributed by atoms with van der Waals surface area (Å²) in [5.41, 5.74) is -1.45. The second kappa shape index (κ2) is 7.44. The van der Waals surface area contributed by atoms with Crippen LogP contribution >= 0.6 is 0 Å². The maximum absolute atomic E-state index is 11.8. The van der Waals surface area contributed by atoms with Gasteiger partial charge in [-0.15, -0.1) is 0 Å². The van der Waals surface area contributed by atoms with Crippen LogP contribution < -0.4 is 9.44 Å². The minimum atomic E-state index is -4.24. The van der Waals surface area contributed by atoms with Crippen LogP contribution in [-0.4, -0.2) is 39.2 Å². The molecule has 0 saturated heterocycles. The molecule has 0 radical (unpaired) electrons. The van der Waals surface area contributed by atoms with Crippen LogP contribution in [0, 0.1) is 0 Å². The molecule has 0 fully saturated rings. The first kappa shape index (κ1) is 18.7. The molecule has 0 aromatic heterocycles. The summed E-state index contributed by atoms with van der Waals surface area (Å²) in [7, 11) is -3.08. The fraction of sp³-hybridized carbons (Fsp3) is 0.818. The lowest BCUT2D eigenvalue weighted by atomic mass is 9.98. The van der Waals surface area contributed by atoms with Gasteiger partial charge < -0.3 is 9.47 Å². The highest BCUT2D eigenvalue weighted by molar-refractivity contribution is 7.88. The van der Waals surface area contributed by atoms with Crippen molar-refractivity contribution in [2.24, 2.45) is 0 Å². The summed E-state index contributed by atoms with van der Waals surface area (Å²) in [4.78, 5) is 23.0. The van der Waals surface area contributed by atoms with Gasteiger partial charge in [0, 0.05) is 0 Å². The summed E-state index contributed by atoms with van der Waals surface area (Å²) < 4.78 is 36.6. The predicted molar refractivity (Wildman–Crippen MR) is 72.1 cm³/mol. The van der Waals surface area contributed by atoms with Crippen molar-refractivity contribution in [1.82, 2.24) is 9.44 Å². The Balaban J connectivity index is 4.94. The van der Waals surface area contributed by atoms with E-state index >= 15 is 0 Å². The number of hydrogen-bond donors (Lipinski definition) is 2. The summed E-state index contributed by atoms with van der Waals surface area (Å²) in [6.07, 6.45) is -0.811. The van der Waals surface area contributed by atoms with Gasteiger partial charge in [0.1, 0.15) is 5.54 Å². The molecule has 9 heteroatoms. The summed E-state index contributed by atoms with van der Waals surface area (Å²) in [6, 6.07) is 0. The van der Waals surface area contributed by atoms with E-state index in [1.807, 2.05) is 0 Å². The number of rotatable bonds is 7. The van der Waals surface area contributed by atoms with E-state index < -0.39 is 33.9 Å². The van der Waals surface area contributed by atoms with E-state index in [9.17, 15) is 18.0 Å². The van der Waals surface area contributed by atoms with E-state index in [1.54, 1.807) is 25.5 Å². The Morgan fingerprint density at radius 3 is 2.25 bits per heavy atom. The second-order valence-corrected chi connectivity index (χ2v) is 6.15. The molecule has 0 aliphatic rings. The lowest BCUT2D eigenvalue weighted by Gasteiger charge is -2.27. The van der Waals surface area contributed by atoms with E-state index in [0.717, 1.165) is 7.11 Å². The highest BCUT2D eigenvalue weighted by atomic mass is 32.2. The van der Waals surface area contributed by atoms with Gasteiger partial charge in [-0.05, 0) is 27.2 Å². The Hall–Kier alpha value is -1.35. The highest BCUT2D eigenvalue weighted by Crippen LogP contribution is 2.15. The quantitative estimate of drug-likeness (QED) is 0.669. The van der Waals surface area contributed by atoms with Crippen LogP contribution in [-0.2, 0) is 24.5 Å². The third kappa shape index (κ3) is 6.20. The molecular formula is C11H22N2O6S. The zero-order valence-corrected chi connectivity index (χ0v) is 13.2. The van der Waals surface area contributed by atoms with Gasteiger partial charge in [0.2, 0.25) is 0 Å². The van der Waals surface area contributed by atoms with Gasteiger partial charge in [-0.25, -0.2) is 9.52 Å². The van der Waals surface area contributed by atoms with E-state index in [2.05, 4.69) is 14.2 Å². The molecule has 0 saturated carbocycles. The summed E-state index contributed by atoms with van der Waals surface area (Å²) >= 11 is 0. The molecule has 0 aliphatic heterocycles. The third-order valence-electron chi connectivity index (χ3n) is 2.31. The Labute approximate surface area is 119 Å². The zero-order chi connectivity index (χ0) is 16.0. The SMILES string of the molecule is CCCC(C)(NS(=O)(=O)NC(=O)OC(C)C)C(=O)OC. The Kier molecular flexibility index (Phi) is 6.94. The lowest BCUT2D eigenvalue weighted by Crippen LogP contribution is -2.56. The molecule has 0 bridgehead atoms. The molecule has 2 N–H and O–H groups in total. The minimum Gasteiger partial charge on any atom is -0.468 e. The van der Waals surface area contributed by atoms with Gasteiger partial charge in [0.25, 0.3) is 0 Å². The molecule has 20 heavy (non-hydrogen) atoms. The predicted octanol–water partition coefficient (Wildman–Crippen LogP) is 0.687. The molecule has 8 nitrogen and oxygen atoms in total. The van der Waals surface area contributed by atoms with Crippen molar-refractivity contribution in [3.8, 4) is 0 Å². The fourth-order valence-corrected chi connectivity index (χ4v) is 2.69. The average Bonchev–Trinajstić information content (AvgIpc) is 2.24. The summed E-state index contributed by atoms with van der Waals surface area (Å²) in [6.45, 7) is 6.33. The third-order valence-corrected chi connectivity index (χ3v) is 3.46. The maximum atomic E-state index is 11.8. The van der Waals surface area contributed by atoms with Crippen molar-refractivity contribution < 1.29 is 27.5 Å². The largest absolute Gasteiger partial charge is 0.468 e. The first-order valence-corrected chi connectivity index (χ1v) is 7.65. The number of carbonyl (C=O) groups excluding carboxylic acids is 2. The molecule has 0 rings (SSSR count). The minimum absolute atomic E-state index is 0.222. The van der Waals surface area contributed by atoms with Crippen LogP contribution in [0.3, 0.4) is 0 Å². The number of hydrogen-bond acceptors (Lipinski definition) is 6. The van der Waals surface area contributed by atoms with Crippen molar-refractivity contribution in [2.45, 2.75) is 52.2 Å². The molecule has 0 aliphatic carbocycles. The average molecular weight is 310 g/mol. The van der Waals surface area contributed by atoms with Crippen LogP contribution in [0.5, 0.6) is 0 Å². The number of nitrogens with one attached hydrogen (secondary N) is 2. The maximum Gasteiger partial charge on any atom is 0.422 e. The molecule has 0 spiro atoms. The van der Waals surface area contributed by atoms with Gasteiger partial charge in [0.15, 0.2) is 0 Å². The number of methoxy groups -OCH3 is 1. The molecule has 0 aromatic carbocycles. The Bertz CT molecular complexity index is 448. The number of esters is 1. The van der Waals surface area contributed by atoms with Crippen molar-refractivity contribution >= 4 is 22.3 Å². The van der Waals surface area contributed by atoms with Crippen molar-refractivity contribution in [2.75, 3.05) is 7.11 Å². The van der Waals surface area contributed by atoms with E-state index in [-0.39, 0.29) is 6.42 Å². The molecule has 1 unspecified atom stereocenters. The smallest absolute Gasteiger partial charge is 0.422 e. The Morgan fingerprint density at radius 1 is 1.30 bits per heavy atom. The molecule has 1 amide bonds. The van der Waals surface area contributed by atoms with Crippen LogP contribution in [0.25, 0.3) is 0 Å². The molecular weight excluding hydrogens is 288 g/mol. The molecule has 118 valence electrons. The van der Waals surface area contributed by atoms with Gasteiger partial charge in [-0.2, -0.15) is 13.1 Å². The number of carbonyl (C=O) groups is 2. The van der Waals surface area contributed by atoms with Crippen LogP contribution in [0.4, 0.5) is 4.79 Å². The highest BCUT2D eigenvalue weighted by Gasteiger charge is 2.38. The van der Waals surface area contributed by atoms with Crippen molar-refractivity contribution in [3.05, 3.63) is 0 Å². The molecule has 0 heterocycles. The Morgan fingerprint density at radius 2 is 1.85 bits per heavy atom. The van der Waals surface area contributed by atoms with E-state index in [4.69, 9.17) is 0 Å². The van der Waals surface area contributed by atoms with Crippen LogP contribution in [0.1, 0.15) is 40.5 Å². The normalized spacial score (nSPS) is 14.5. The van der Waals surface area contributed by atoms with E-state index in [0.29, 0.717) is 6.42 Å². The number of amides is 1. The van der Waals surface area contributed by atoms with Crippen LogP contribution in [0.15, 0.2) is 0 Å². The zero-order valence-electron chi connectivity index (χ0n) is 12.3.